The molecule has 0 heterocycles. The van der Waals surface area contributed by atoms with E-state index in [4.69, 9.17) is 5.73 Å². The molecule has 1 fully saturated rings. The first-order valence-corrected chi connectivity index (χ1v) is 7.62. The monoisotopic (exact) mass is 251 g/mol. The fourth-order valence-electron chi connectivity index (χ4n) is 2.48. The summed E-state index contributed by atoms with van der Waals surface area (Å²) in [6, 6.07) is 8.09. The first kappa shape index (κ1) is 12.8. The van der Waals surface area contributed by atoms with Crippen molar-refractivity contribution in [3.8, 4) is 0 Å². The van der Waals surface area contributed by atoms with Crippen molar-refractivity contribution in [1.29, 1.82) is 0 Å². The van der Waals surface area contributed by atoms with Gasteiger partial charge >= 0.3 is 0 Å². The van der Waals surface area contributed by atoms with Gasteiger partial charge in [-0.25, -0.2) is 0 Å². The van der Waals surface area contributed by atoms with Crippen LogP contribution < -0.4 is 5.73 Å². The minimum absolute atomic E-state index is 0.0962. The van der Waals surface area contributed by atoms with Crippen LogP contribution in [-0.4, -0.2) is 15.5 Å². The molecule has 1 aromatic rings. The van der Waals surface area contributed by atoms with Crippen molar-refractivity contribution in [2.45, 2.75) is 55.2 Å². The normalized spacial score (nSPS) is 27.4. The van der Waals surface area contributed by atoms with E-state index in [0.717, 1.165) is 29.7 Å². The smallest absolute Gasteiger partial charge is 0.0576 e. The van der Waals surface area contributed by atoms with Gasteiger partial charge in [-0.1, -0.05) is 31.4 Å². The fraction of sp³-hybridized carbons (Fsp3) is 0.571. The fourth-order valence-corrected chi connectivity index (χ4v) is 4.18. The highest BCUT2D eigenvalue weighted by molar-refractivity contribution is 7.85. The Morgan fingerprint density at radius 2 is 2.00 bits per heavy atom. The molecule has 0 amide bonds. The van der Waals surface area contributed by atoms with Crippen LogP contribution in [0.15, 0.2) is 29.2 Å². The molecule has 3 unspecified atom stereocenters. The van der Waals surface area contributed by atoms with E-state index in [9.17, 15) is 4.21 Å². The van der Waals surface area contributed by atoms with Gasteiger partial charge in [-0.3, -0.25) is 4.21 Å². The van der Waals surface area contributed by atoms with Crippen molar-refractivity contribution >= 4 is 10.8 Å². The quantitative estimate of drug-likeness (QED) is 0.821. The first-order chi connectivity index (χ1) is 8.18. The van der Waals surface area contributed by atoms with Gasteiger partial charge in [0, 0.05) is 10.9 Å². The van der Waals surface area contributed by atoms with Crippen LogP contribution in [0.1, 0.15) is 37.7 Å². The second-order valence-corrected chi connectivity index (χ2v) is 6.63. The molecule has 17 heavy (non-hydrogen) atoms. The maximum absolute atomic E-state index is 12.5. The standard InChI is InChI=1S/C14H21NOS/c1-11-6-5-7-12(10-11)17(16)14-9-4-2-3-8-13(14)15/h5-7,10,13-14H,2-4,8-9,15H2,1H3. The number of rotatable bonds is 2. The van der Waals surface area contributed by atoms with E-state index in [1.165, 1.54) is 12.8 Å². The molecule has 3 heteroatoms. The number of hydrogen-bond donors (Lipinski definition) is 1. The maximum Gasteiger partial charge on any atom is 0.0576 e. The van der Waals surface area contributed by atoms with Crippen LogP contribution in [0.2, 0.25) is 0 Å². The van der Waals surface area contributed by atoms with Crippen LogP contribution in [0.3, 0.4) is 0 Å². The molecule has 94 valence electrons. The average molecular weight is 251 g/mol. The molecular formula is C14H21NOS. The van der Waals surface area contributed by atoms with E-state index in [1.807, 2.05) is 31.2 Å². The topological polar surface area (TPSA) is 43.1 Å². The van der Waals surface area contributed by atoms with Crippen LogP contribution >= 0.6 is 0 Å². The molecule has 0 spiro atoms. The third kappa shape index (κ3) is 3.17. The molecule has 0 bridgehead atoms. The average Bonchev–Trinajstić information content (AvgIpc) is 2.53. The number of benzene rings is 1. The Kier molecular flexibility index (Phi) is 4.35. The molecule has 3 atom stereocenters. The Morgan fingerprint density at radius 1 is 1.24 bits per heavy atom. The van der Waals surface area contributed by atoms with Gasteiger partial charge in [0.25, 0.3) is 0 Å². The van der Waals surface area contributed by atoms with E-state index in [-0.39, 0.29) is 11.3 Å². The second kappa shape index (κ2) is 5.78. The summed E-state index contributed by atoms with van der Waals surface area (Å²) in [6.07, 6.45) is 5.60. The molecule has 2 nitrogen and oxygen atoms in total. The molecule has 1 saturated carbocycles. The maximum atomic E-state index is 12.5. The third-order valence-corrected chi connectivity index (χ3v) is 5.35. The lowest BCUT2D eigenvalue weighted by Gasteiger charge is -2.20. The minimum Gasteiger partial charge on any atom is -0.327 e. The summed E-state index contributed by atoms with van der Waals surface area (Å²) >= 11 is 0. The summed E-state index contributed by atoms with van der Waals surface area (Å²) in [5.41, 5.74) is 7.33. The van der Waals surface area contributed by atoms with Crippen LogP contribution in [0.25, 0.3) is 0 Å². The SMILES string of the molecule is Cc1cccc(S(=O)C2CCCCCC2N)c1. The van der Waals surface area contributed by atoms with Gasteiger partial charge in [-0.15, -0.1) is 0 Å². The van der Waals surface area contributed by atoms with Crippen molar-refractivity contribution in [2.24, 2.45) is 5.73 Å². The minimum atomic E-state index is -0.946. The second-order valence-electron chi connectivity index (χ2n) is 4.95. The number of aryl methyl sites for hydroxylation is 1. The summed E-state index contributed by atoms with van der Waals surface area (Å²) in [7, 11) is -0.946. The van der Waals surface area contributed by atoms with Gasteiger partial charge in [-0.05, 0) is 37.5 Å². The molecule has 0 radical (unpaired) electrons. The Hall–Kier alpha value is -0.670. The molecule has 2 N–H and O–H groups in total. The van der Waals surface area contributed by atoms with Crippen molar-refractivity contribution in [1.82, 2.24) is 0 Å². The molecule has 0 aromatic heterocycles. The predicted octanol–water partition coefficient (Wildman–Crippen LogP) is 2.76. The van der Waals surface area contributed by atoms with Gasteiger partial charge in [0.15, 0.2) is 0 Å². The first-order valence-electron chi connectivity index (χ1n) is 6.41. The predicted molar refractivity (Wildman–Crippen MR) is 72.4 cm³/mol. The largest absolute Gasteiger partial charge is 0.327 e. The van der Waals surface area contributed by atoms with E-state index >= 15 is 0 Å². The summed E-state index contributed by atoms with van der Waals surface area (Å²) in [5.74, 6) is 0. The molecule has 0 aliphatic heterocycles. The lowest BCUT2D eigenvalue weighted by molar-refractivity contribution is 0.575. The van der Waals surface area contributed by atoms with E-state index in [2.05, 4.69) is 0 Å². The van der Waals surface area contributed by atoms with Crippen molar-refractivity contribution in [3.05, 3.63) is 29.8 Å². The lowest BCUT2D eigenvalue weighted by Crippen LogP contribution is -2.36. The highest BCUT2D eigenvalue weighted by Crippen LogP contribution is 2.24. The number of hydrogen-bond acceptors (Lipinski definition) is 2. The van der Waals surface area contributed by atoms with Crippen LogP contribution in [0.5, 0.6) is 0 Å². The Bertz CT molecular complexity index is 405. The van der Waals surface area contributed by atoms with E-state index in [1.54, 1.807) is 0 Å². The zero-order valence-corrected chi connectivity index (χ0v) is 11.2. The van der Waals surface area contributed by atoms with Gasteiger partial charge in [0.05, 0.1) is 16.0 Å². The van der Waals surface area contributed by atoms with Crippen LogP contribution in [0, 0.1) is 6.92 Å². The summed E-state index contributed by atoms with van der Waals surface area (Å²) < 4.78 is 12.5. The summed E-state index contributed by atoms with van der Waals surface area (Å²) in [6.45, 7) is 2.04. The molecular weight excluding hydrogens is 230 g/mol. The van der Waals surface area contributed by atoms with E-state index < -0.39 is 10.8 Å². The number of nitrogens with two attached hydrogens (primary N) is 1. The van der Waals surface area contributed by atoms with Crippen molar-refractivity contribution in [3.63, 3.8) is 0 Å². The summed E-state index contributed by atoms with van der Waals surface area (Å²) in [5, 5.41) is 0.138. The highest BCUT2D eigenvalue weighted by atomic mass is 32.2. The van der Waals surface area contributed by atoms with E-state index in [0.29, 0.717) is 0 Å². The zero-order valence-electron chi connectivity index (χ0n) is 10.4. The summed E-state index contributed by atoms with van der Waals surface area (Å²) in [4.78, 5) is 0.937. The van der Waals surface area contributed by atoms with Crippen LogP contribution in [-0.2, 0) is 10.8 Å². The Balaban J connectivity index is 2.18. The van der Waals surface area contributed by atoms with Gasteiger partial charge < -0.3 is 5.73 Å². The van der Waals surface area contributed by atoms with Gasteiger partial charge in [0.1, 0.15) is 0 Å². The molecule has 1 aliphatic carbocycles. The zero-order chi connectivity index (χ0) is 12.3. The third-order valence-electron chi connectivity index (χ3n) is 3.50. The van der Waals surface area contributed by atoms with Crippen molar-refractivity contribution < 1.29 is 4.21 Å². The van der Waals surface area contributed by atoms with Crippen molar-refractivity contribution in [2.75, 3.05) is 0 Å². The Morgan fingerprint density at radius 3 is 2.76 bits per heavy atom. The lowest BCUT2D eigenvalue weighted by atomic mass is 10.1. The molecule has 1 aliphatic rings. The molecule has 0 saturated heterocycles. The van der Waals surface area contributed by atoms with Gasteiger partial charge in [0.2, 0.25) is 0 Å². The van der Waals surface area contributed by atoms with Gasteiger partial charge in [-0.2, -0.15) is 0 Å². The molecule has 2 rings (SSSR count). The van der Waals surface area contributed by atoms with Crippen LogP contribution in [0.4, 0.5) is 0 Å². The Labute approximate surface area is 106 Å². The highest BCUT2D eigenvalue weighted by Gasteiger charge is 2.26. The molecule has 1 aromatic carbocycles.